The number of hydrogen-bond acceptors (Lipinski definition) is 5. The van der Waals surface area contributed by atoms with E-state index in [9.17, 15) is 4.79 Å². The van der Waals surface area contributed by atoms with Crippen molar-refractivity contribution in [3.8, 4) is 11.5 Å². The van der Waals surface area contributed by atoms with Crippen LogP contribution in [0.3, 0.4) is 0 Å². The van der Waals surface area contributed by atoms with E-state index >= 15 is 0 Å². The normalized spacial score (nSPS) is 15.7. The van der Waals surface area contributed by atoms with E-state index in [4.69, 9.17) is 13.9 Å². The van der Waals surface area contributed by atoms with Crippen LogP contribution in [-0.4, -0.2) is 25.1 Å². The van der Waals surface area contributed by atoms with Gasteiger partial charge in [-0.3, -0.25) is 10.2 Å². The maximum Gasteiger partial charge on any atom is 0.273 e. The zero-order valence-electron chi connectivity index (χ0n) is 15.6. The molecule has 28 heavy (non-hydrogen) atoms. The maximum absolute atomic E-state index is 13.2. The van der Waals surface area contributed by atoms with Gasteiger partial charge >= 0.3 is 0 Å². The third-order valence-electron chi connectivity index (χ3n) is 4.61. The van der Waals surface area contributed by atoms with Gasteiger partial charge in [-0.15, -0.1) is 0 Å². The minimum absolute atomic E-state index is 0.180. The van der Waals surface area contributed by atoms with E-state index in [1.54, 1.807) is 49.8 Å². The lowest BCUT2D eigenvalue weighted by Gasteiger charge is -2.24. The van der Waals surface area contributed by atoms with Crippen LogP contribution in [0.25, 0.3) is 5.70 Å². The summed E-state index contributed by atoms with van der Waals surface area (Å²) in [6, 6.07) is 18.0. The summed E-state index contributed by atoms with van der Waals surface area (Å²) in [5, 5.41) is 1.56. The molecule has 2 heterocycles. The quantitative estimate of drug-likeness (QED) is 0.728. The van der Waals surface area contributed by atoms with Gasteiger partial charge in [-0.25, -0.2) is 5.01 Å². The molecule has 6 nitrogen and oxygen atoms in total. The number of carbonyl (C=O) groups excluding carboxylic acids is 1. The first-order chi connectivity index (χ1) is 13.7. The van der Waals surface area contributed by atoms with Gasteiger partial charge in [0.15, 0.2) is 0 Å². The van der Waals surface area contributed by atoms with Gasteiger partial charge in [0.2, 0.25) is 0 Å². The van der Waals surface area contributed by atoms with Crippen molar-refractivity contribution in [2.24, 2.45) is 0 Å². The molecule has 6 heteroatoms. The Labute approximate surface area is 163 Å². The molecule has 142 valence electrons. The fraction of sp³-hybridized carbons (Fsp3) is 0.136. The Morgan fingerprint density at radius 2 is 1.79 bits per heavy atom. The Balaban J connectivity index is 1.67. The van der Waals surface area contributed by atoms with Crippen LogP contribution in [-0.2, 0) is 0 Å². The summed E-state index contributed by atoms with van der Waals surface area (Å²) in [5.74, 6) is 1.89. The van der Waals surface area contributed by atoms with Gasteiger partial charge in [0, 0.05) is 5.56 Å². The molecule has 3 aromatic rings. The highest BCUT2D eigenvalue weighted by Crippen LogP contribution is 2.33. The molecule has 1 aliphatic rings. The highest BCUT2D eigenvalue weighted by Gasteiger charge is 2.33. The van der Waals surface area contributed by atoms with Crippen molar-refractivity contribution in [1.82, 2.24) is 10.4 Å². The van der Waals surface area contributed by atoms with Crippen LogP contribution in [0.2, 0.25) is 0 Å². The number of hydrazine groups is 1. The molecule has 4 rings (SSSR count). The zero-order valence-corrected chi connectivity index (χ0v) is 15.6. The molecule has 0 saturated carbocycles. The van der Waals surface area contributed by atoms with Crippen molar-refractivity contribution in [1.29, 1.82) is 0 Å². The van der Waals surface area contributed by atoms with Gasteiger partial charge in [-0.05, 0) is 66.2 Å². The molecule has 1 amide bonds. The van der Waals surface area contributed by atoms with E-state index in [0.29, 0.717) is 17.1 Å². The van der Waals surface area contributed by atoms with Gasteiger partial charge in [0.1, 0.15) is 23.3 Å². The lowest BCUT2D eigenvalue weighted by atomic mass is 10.1. The number of rotatable bonds is 5. The van der Waals surface area contributed by atoms with Gasteiger partial charge < -0.3 is 13.9 Å². The van der Waals surface area contributed by atoms with Crippen LogP contribution in [0.1, 0.15) is 27.7 Å². The first-order valence-electron chi connectivity index (χ1n) is 8.83. The van der Waals surface area contributed by atoms with Crippen LogP contribution in [0, 0.1) is 0 Å². The summed E-state index contributed by atoms with van der Waals surface area (Å²) < 4.78 is 16.0. The Hall–Kier alpha value is -3.67. The average molecular weight is 376 g/mol. The Morgan fingerprint density at radius 1 is 1.00 bits per heavy atom. The van der Waals surface area contributed by atoms with Gasteiger partial charge in [-0.2, -0.15) is 0 Å². The third kappa shape index (κ3) is 3.32. The number of carbonyl (C=O) groups is 1. The predicted octanol–water partition coefficient (Wildman–Crippen LogP) is 4.04. The smallest absolute Gasteiger partial charge is 0.273 e. The second-order valence-corrected chi connectivity index (χ2v) is 6.29. The molecule has 0 bridgehead atoms. The Morgan fingerprint density at radius 3 is 2.46 bits per heavy atom. The van der Waals surface area contributed by atoms with E-state index in [1.807, 2.05) is 42.5 Å². The summed E-state index contributed by atoms with van der Waals surface area (Å²) >= 11 is 0. The van der Waals surface area contributed by atoms with Crippen molar-refractivity contribution in [3.05, 3.63) is 89.9 Å². The summed E-state index contributed by atoms with van der Waals surface area (Å²) in [6.45, 7) is 0. The number of amides is 1. The second-order valence-electron chi connectivity index (χ2n) is 6.29. The standard InChI is InChI=1S/C22H20N2O4/c1-26-17-10-8-15(9-11-17)19-14-20(21-7-4-12-28-21)24(23-19)22(25)16-5-3-6-18(13-16)27-2/h3-14,20,23H,1-2H3/t20-/m1/s1. The lowest BCUT2D eigenvalue weighted by molar-refractivity contribution is 0.0654. The topological polar surface area (TPSA) is 63.9 Å². The number of furan rings is 1. The van der Waals surface area contributed by atoms with Crippen molar-refractivity contribution >= 4 is 11.6 Å². The van der Waals surface area contributed by atoms with Gasteiger partial charge in [-0.1, -0.05) is 6.07 Å². The second kappa shape index (κ2) is 7.52. The van der Waals surface area contributed by atoms with E-state index in [2.05, 4.69) is 5.43 Å². The number of ether oxygens (including phenoxy) is 2. The summed E-state index contributed by atoms with van der Waals surface area (Å²) in [7, 11) is 3.20. The first kappa shape index (κ1) is 17.7. The SMILES string of the molecule is COc1ccc(C2=C[C@H](c3ccco3)N(C(=O)c3cccc(OC)c3)N2)cc1. The molecular weight excluding hydrogens is 356 g/mol. The lowest BCUT2D eigenvalue weighted by Crippen LogP contribution is -2.39. The Kier molecular flexibility index (Phi) is 4.76. The van der Waals surface area contributed by atoms with Gasteiger partial charge in [0.05, 0.1) is 26.2 Å². The van der Waals surface area contributed by atoms with E-state index in [-0.39, 0.29) is 11.9 Å². The first-order valence-corrected chi connectivity index (χ1v) is 8.83. The maximum atomic E-state index is 13.2. The molecule has 0 aliphatic carbocycles. The highest BCUT2D eigenvalue weighted by molar-refractivity contribution is 5.96. The van der Waals surface area contributed by atoms with Crippen LogP contribution < -0.4 is 14.9 Å². The van der Waals surface area contributed by atoms with Crippen molar-refractivity contribution in [2.75, 3.05) is 14.2 Å². The number of nitrogens with one attached hydrogen (secondary N) is 1. The molecule has 2 aromatic carbocycles. The number of nitrogens with zero attached hydrogens (tertiary/aromatic N) is 1. The molecule has 0 radical (unpaired) electrons. The minimum atomic E-state index is -0.370. The third-order valence-corrected chi connectivity index (χ3v) is 4.61. The predicted molar refractivity (Wildman–Crippen MR) is 105 cm³/mol. The molecule has 0 saturated heterocycles. The molecule has 1 atom stereocenters. The molecule has 1 aromatic heterocycles. The molecule has 0 spiro atoms. The van der Waals surface area contributed by atoms with E-state index < -0.39 is 0 Å². The van der Waals surface area contributed by atoms with Crippen molar-refractivity contribution < 1.29 is 18.7 Å². The fourth-order valence-electron chi connectivity index (χ4n) is 3.14. The molecule has 0 fully saturated rings. The minimum Gasteiger partial charge on any atom is -0.497 e. The summed E-state index contributed by atoms with van der Waals surface area (Å²) in [4.78, 5) is 13.2. The highest BCUT2D eigenvalue weighted by atomic mass is 16.5. The van der Waals surface area contributed by atoms with Crippen molar-refractivity contribution in [2.45, 2.75) is 6.04 Å². The largest absolute Gasteiger partial charge is 0.497 e. The number of hydrogen-bond donors (Lipinski definition) is 1. The number of benzene rings is 2. The molecule has 1 N–H and O–H groups in total. The monoisotopic (exact) mass is 376 g/mol. The van der Waals surface area contributed by atoms with Crippen LogP contribution in [0.4, 0.5) is 0 Å². The van der Waals surface area contributed by atoms with Crippen molar-refractivity contribution in [3.63, 3.8) is 0 Å². The Bertz CT molecular complexity index is 994. The average Bonchev–Trinajstić information content (AvgIpc) is 3.43. The van der Waals surface area contributed by atoms with Gasteiger partial charge in [0.25, 0.3) is 5.91 Å². The van der Waals surface area contributed by atoms with E-state index in [1.165, 1.54) is 0 Å². The van der Waals surface area contributed by atoms with Crippen LogP contribution in [0.5, 0.6) is 11.5 Å². The van der Waals surface area contributed by atoms with E-state index in [0.717, 1.165) is 17.0 Å². The van der Waals surface area contributed by atoms with Crippen LogP contribution >= 0.6 is 0 Å². The van der Waals surface area contributed by atoms with Crippen LogP contribution in [0.15, 0.2) is 77.4 Å². The molecule has 1 aliphatic heterocycles. The zero-order chi connectivity index (χ0) is 19.5. The summed E-state index contributed by atoms with van der Waals surface area (Å²) in [5.41, 5.74) is 5.51. The summed E-state index contributed by atoms with van der Waals surface area (Å²) in [6.07, 6.45) is 3.57. The molecule has 0 unspecified atom stereocenters. The number of methoxy groups -OCH3 is 2. The molecular formula is C22H20N2O4. The fourth-order valence-corrected chi connectivity index (χ4v) is 3.14.